The fourth-order valence-corrected chi connectivity index (χ4v) is 5.20. The number of rotatable bonds is 5. The van der Waals surface area contributed by atoms with Crippen LogP contribution in [-0.4, -0.2) is 47.4 Å². The summed E-state index contributed by atoms with van der Waals surface area (Å²) in [6, 6.07) is 5.83. The standard InChI is InChI=1S/C18H25N5O2S/c1-14(2)23-13-16(19-20-23)12-21-10-7-15-5-6-17(11-18(15)21)26(24,25)22-8-3-4-9-22/h5-6,11,13-14H,3-4,7-10,12H2,1-2H3. The highest BCUT2D eigenvalue weighted by atomic mass is 32.2. The molecule has 1 fully saturated rings. The highest BCUT2D eigenvalue weighted by Crippen LogP contribution is 2.33. The van der Waals surface area contributed by atoms with Crippen molar-refractivity contribution in [3.63, 3.8) is 0 Å². The largest absolute Gasteiger partial charge is 0.365 e. The number of hydrogen-bond donors (Lipinski definition) is 0. The fraction of sp³-hybridized carbons (Fsp3) is 0.556. The van der Waals surface area contributed by atoms with Gasteiger partial charge in [0.2, 0.25) is 10.0 Å². The minimum atomic E-state index is -3.39. The van der Waals surface area contributed by atoms with Crippen LogP contribution < -0.4 is 4.90 Å². The third-order valence-electron chi connectivity index (χ3n) is 5.19. The number of anilines is 1. The summed E-state index contributed by atoms with van der Waals surface area (Å²) in [6.07, 6.45) is 4.79. The zero-order valence-corrected chi connectivity index (χ0v) is 16.1. The highest BCUT2D eigenvalue weighted by Gasteiger charge is 2.29. The minimum Gasteiger partial charge on any atom is -0.365 e. The van der Waals surface area contributed by atoms with Crippen molar-refractivity contribution in [3.05, 3.63) is 35.7 Å². The number of benzene rings is 1. The van der Waals surface area contributed by atoms with Gasteiger partial charge in [-0.1, -0.05) is 11.3 Å². The maximum Gasteiger partial charge on any atom is 0.243 e. The van der Waals surface area contributed by atoms with Gasteiger partial charge in [0.05, 0.1) is 17.6 Å². The Morgan fingerprint density at radius 3 is 2.62 bits per heavy atom. The molecule has 2 aromatic rings. The third kappa shape index (κ3) is 3.12. The lowest BCUT2D eigenvalue weighted by Crippen LogP contribution is -2.28. The number of hydrogen-bond acceptors (Lipinski definition) is 5. The van der Waals surface area contributed by atoms with Gasteiger partial charge in [-0.15, -0.1) is 5.10 Å². The van der Waals surface area contributed by atoms with E-state index in [2.05, 4.69) is 29.1 Å². The Morgan fingerprint density at radius 2 is 1.92 bits per heavy atom. The summed E-state index contributed by atoms with van der Waals surface area (Å²) in [5, 5.41) is 8.41. The Labute approximate surface area is 154 Å². The Balaban J connectivity index is 1.59. The molecule has 2 aliphatic heterocycles. The first kappa shape index (κ1) is 17.5. The minimum absolute atomic E-state index is 0.277. The molecule has 0 unspecified atom stereocenters. The van der Waals surface area contributed by atoms with E-state index >= 15 is 0 Å². The SMILES string of the molecule is CC(C)n1cc(CN2CCc3ccc(S(=O)(=O)N4CCCC4)cc32)nn1. The summed E-state index contributed by atoms with van der Waals surface area (Å²) in [5.74, 6) is 0. The Hall–Kier alpha value is -1.93. The third-order valence-corrected chi connectivity index (χ3v) is 7.09. The van der Waals surface area contributed by atoms with Gasteiger partial charge in [-0.25, -0.2) is 13.1 Å². The first-order chi connectivity index (χ1) is 12.4. The molecule has 0 N–H and O–H groups in total. The average molecular weight is 375 g/mol. The molecule has 26 heavy (non-hydrogen) atoms. The van der Waals surface area contributed by atoms with Crippen molar-refractivity contribution in [3.8, 4) is 0 Å². The molecule has 140 valence electrons. The molecule has 1 saturated heterocycles. The fourth-order valence-electron chi connectivity index (χ4n) is 3.66. The van der Waals surface area contributed by atoms with Crippen LogP contribution in [0.1, 0.15) is 44.0 Å². The van der Waals surface area contributed by atoms with E-state index < -0.39 is 10.0 Å². The summed E-state index contributed by atoms with van der Waals surface area (Å²) in [5.41, 5.74) is 3.10. The smallest absolute Gasteiger partial charge is 0.243 e. The second kappa shape index (κ2) is 6.66. The topological polar surface area (TPSA) is 71.3 Å². The normalized spacial score (nSPS) is 18.0. The molecule has 0 atom stereocenters. The second-order valence-corrected chi connectivity index (χ2v) is 9.29. The molecule has 0 spiro atoms. The summed E-state index contributed by atoms with van der Waals surface area (Å²) in [7, 11) is -3.39. The summed E-state index contributed by atoms with van der Waals surface area (Å²) in [4.78, 5) is 2.60. The molecule has 0 saturated carbocycles. The number of fused-ring (bicyclic) bond motifs is 1. The maximum atomic E-state index is 12.9. The molecule has 0 aliphatic carbocycles. The summed E-state index contributed by atoms with van der Waals surface area (Å²) < 4.78 is 29.2. The molecule has 2 aliphatic rings. The van der Waals surface area contributed by atoms with Crippen LogP contribution in [0.4, 0.5) is 5.69 Å². The maximum absolute atomic E-state index is 12.9. The Bertz CT molecular complexity index is 900. The molecule has 7 nitrogen and oxygen atoms in total. The molecule has 1 aromatic carbocycles. The van der Waals surface area contributed by atoms with Crippen molar-refractivity contribution < 1.29 is 8.42 Å². The summed E-state index contributed by atoms with van der Waals surface area (Å²) in [6.45, 7) is 6.91. The van der Waals surface area contributed by atoms with E-state index in [0.717, 1.165) is 37.2 Å². The molecule has 1 aromatic heterocycles. The van der Waals surface area contributed by atoms with E-state index in [0.29, 0.717) is 24.5 Å². The van der Waals surface area contributed by atoms with Gasteiger partial charge in [-0.2, -0.15) is 4.31 Å². The molecule has 8 heteroatoms. The first-order valence-corrected chi connectivity index (χ1v) is 10.7. The van der Waals surface area contributed by atoms with Gasteiger partial charge in [0.1, 0.15) is 5.69 Å². The monoisotopic (exact) mass is 375 g/mol. The summed E-state index contributed by atoms with van der Waals surface area (Å²) >= 11 is 0. The van der Waals surface area contributed by atoms with Gasteiger partial charge in [-0.3, -0.25) is 0 Å². The predicted molar refractivity (Wildman–Crippen MR) is 99.6 cm³/mol. The van der Waals surface area contributed by atoms with E-state index in [1.165, 1.54) is 5.56 Å². The van der Waals surface area contributed by atoms with E-state index in [4.69, 9.17) is 0 Å². The lowest BCUT2D eigenvalue weighted by atomic mass is 10.2. The van der Waals surface area contributed by atoms with Gasteiger partial charge in [-0.05, 0) is 50.8 Å². The lowest BCUT2D eigenvalue weighted by molar-refractivity contribution is 0.477. The zero-order chi connectivity index (χ0) is 18.3. The second-order valence-electron chi connectivity index (χ2n) is 7.36. The van der Waals surface area contributed by atoms with E-state index in [1.807, 2.05) is 23.0 Å². The van der Waals surface area contributed by atoms with Gasteiger partial charge in [0.15, 0.2) is 0 Å². The lowest BCUT2D eigenvalue weighted by Gasteiger charge is -2.20. The van der Waals surface area contributed by atoms with Crippen LogP contribution in [0, 0.1) is 0 Å². The van der Waals surface area contributed by atoms with Crippen LogP contribution in [0.25, 0.3) is 0 Å². The van der Waals surface area contributed by atoms with E-state index in [-0.39, 0.29) is 6.04 Å². The molecule has 4 rings (SSSR count). The Kier molecular flexibility index (Phi) is 4.48. The van der Waals surface area contributed by atoms with Crippen LogP contribution in [0.15, 0.2) is 29.3 Å². The highest BCUT2D eigenvalue weighted by molar-refractivity contribution is 7.89. The van der Waals surface area contributed by atoms with Gasteiger partial charge in [0, 0.05) is 31.4 Å². The van der Waals surface area contributed by atoms with Crippen molar-refractivity contribution in [1.29, 1.82) is 0 Å². The quantitative estimate of drug-likeness (QED) is 0.801. The molecule has 0 amide bonds. The Morgan fingerprint density at radius 1 is 1.15 bits per heavy atom. The molecular formula is C18H25N5O2S. The van der Waals surface area contributed by atoms with Crippen LogP contribution in [0.5, 0.6) is 0 Å². The van der Waals surface area contributed by atoms with Crippen LogP contribution >= 0.6 is 0 Å². The van der Waals surface area contributed by atoms with Crippen molar-refractivity contribution in [2.75, 3.05) is 24.5 Å². The van der Waals surface area contributed by atoms with Crippen molar-refractivity contribution in [2.24, 2.45) is 0 Å². The molecule has 3 heterocycles. The first-order valence-electron chi connectivity index (χ1n) is 9.24. The molecule has 0 bridgehead atoms. The molecule has 0 radical (unpaired) electrons. The van der Waals surface area contributed by atoms with Gasteiger partial charge in [0.25, 0.3) is 0 Å². The van der Waals surface area contributed by atoms with Crippen LogP contribution in [-0.2, 0) is 23.0 Å². The van der Waals surface area contributed by atoms with Crippen molar-refractivity contribution in [2.45, 2.75) is 50.6 Å². The molecular weight excluding hydrogens is 350 g/mol. The number of sulfonamides is 1. The average Bonchev–Trinajstić information content (AvgIpc) is 3.36. The van der Waals surface area contributed by atoms with Crippen LogP contribution in [0.2, 0.25) is 0 Å². The van der Waals surface area contributed by atoms with Crippen molar-refractivity contribution in [1.82, 2.24) is 19.3 Å². The van der Waals surface area contributed by atoms with E-state index in [1.54, 1.807) is 10.4 Å². The number of aromatic nitrogens is 3. The van der Waals surface area contributed by atoms with Gasteiger partial charge < -0.3 is 4.90 Å². The van der Waals surface area contributed by atoms with Crippen molar-refractivity contribution >= 4 is 15.7 Å². The van der Waals surface area contributed by atoms with Gasteiger partial charge >= 0.3 is 0 Å². The zero-order valence-electron chi connectivity index (χ0n) is 15.3. The number of nitrogens with zero attached hydrogens (tertiary/aromatic N) is 5. The van der Waals surface area contributed by atoms with Crippen LogP contribution in [0.3, 0.4) is 0 Å². The van der Waals surface area contributed by atoms with E-state index in [9.17, 15) is 8.42 Å². The predicted octanol–water partition coefficient (Wildman–Crippen LogP) is 2.21.